The molecule has 0 saturated carbocycles. The summed E-state index contributed by atoms with van der Waals surface area (Å²) in [5, 5.41) is 33.0. The van der Waals surface area contributed by atoms with Crippen LogP contribution in [0.15, 0.2) is 12.2 Å². The Morgan fingerprint density at radius 1 is 0.522 bits per heavy atom. The van der Waals surface area contributed by atoms with Gasteiger partial charge in [-0.1, -0.05) is 212 Å². The van der Waals surface area contributed by atoms with Crippen molar-refractivity contribution in [1.82, 2.24) is 5.32 Å². The van der Waals surface area contributed by atoms with Crippen LogP contribution >= 0.6 is 0 Å². The lowest BCUT2D eigenvalue weighted by atomic mass is 10.0. The molecular weight excluding hydrogens is 570 g/mol. The van der Waals surface area contributed by atoms with Gasteiger partial charge in [-0.05, 0) is 19.3 Å². The molecule has 3 unspecified atom stereocenters. The minimum absolute atomic E-state index is 0.360. The Labute approximate surface area is 287 Å². The Hall–Kier alpha value is -0.910. The minimum atomic E-state index is -1.09. The number of carbonyl (C=O) groups excluding carboxylic acids is 1. The zero-order chi connectivity index (χ0) is 33.8. The predicted octanol–water partition coefficient (Wildman–Crippen LogP) is 11.3. The van der Waals surface area contributed by atoms with Crippen LogP contribution in [0.25, 0.3) is 0 Å². The van der Waals surface area contributed by atoms with Crippen molar-refractivity contribution in [2.75, 3.05) is 6.61 Å². The van der Waals surface area contributed by atoms with E-state index in [9.17, 15) is 20.1 Å². The molecule has 0 saturated heterocycles. The molecule has 3 atom stereocenters. The summed E-state index contributed by atoms with van der Waals surface area (Å²) >= 11 is 0. The maximum atomic E-state index is 12.4. The summed E-state index contributed by atoms with van der Waals surface area (Å²) < 4.78 is 0. The van der Waals surface area contributed by atoms with Gasteiger partial charge in [-0.2, -0.15) is 0 Å². The highest BCUT2D eigenvalue weighted by Gasteiger charge is 2.22. The van der Waals surface area contributed by atoms with Gasteiger partial charge in [0.2, 0.25) is 5.91 Å². The van der Waals surface area contributed by atoms with E-state index in [1.807, 2.05) is 6.08 Å². The second-order valence-electron chi connectivity index (χ2n) is 14.2. The van der Waals surface area contributed by atoms with Crippen molar-refractivity contribution in [3.05, 3.63) is 12.2 Å². The number of aliphatic hydroxyl groups is 3. The maximum Gasteiger partial charge on any atom is 0.249 e. The number of aliphatic hydroxyl groups excluding tert-OH is 3. The molecule has 5 heteroatoms. The first-order valence-corrected chi connectivity index (χ1v) is 20.5. The standard InChI is InChI=1S/C41H81NO4/c1-3-5-7-9-11-13-15-16-17-18-19-20-21-22-23-24-26-28-30-32-34-36-40(45)41(46)42-38(37-43)39(44)35-33-31-29-27-25-14-12-10-8-6-4-2/h33,35,38-40,43-45H,3-32,34,36-37H2,1-2H3,(H,42,46)/b35-33+. The molecule has 0 aliphatic rings. The third-order valence-electron chi connectivity index (χ3n) is 9.63. The molecule has 0 aliphatic carbocycles. The van der Waals surface area contributed by atoms with Crippen molar-refractivity contribution < 1.29 is 20.1 Å². The third kappa shape index (κ3) is 31.7. The molecule has 0 radical (unpaired) electrons. The second kappa shape index (κ2) is 36.9. The van der Waals surface area contributed by atoms with Crippen molar-refractivity contribution in [3.8, 4) is 0 Å². The Kier molecular flexibility index (Phi) is 36.2. The SMILES string of the molecule is CCCCCCCCCCC/C=C/C(O)C(CO)NC(=O)C(O)CCCCCCCCCCCCCCCCCCCCCCC. The molecule has 0 aromatic carbocycles. The highest BCUT2D eigenvalue weighted by Crippen LogP contribution is 2.16. The fourth-order valence-electron chi connectivity index (χ4n) is 6.36. The first-order chi connectivity index (χ1) is 22.6. The number of rotatable bonds is 37. The van der Waals surface area contributed by atoms with Crippen LogP contribution in [0, 0.1) is 0 Å². The number of hydrogen-bond donors (Lipinski definition) is 4. The molecule has 0 aliphatic heterocycles. The number of amides is 1. The van der Waals surface area contributed by atoms with E-state index in [1.54, 1.807) is 6.08 Å². The Bertz CT molecular complexity index is 640. The molecule has 5 nitrogen and oxygen atoms in total. The van der Waals surface area contributed by atoms with Crippen LogP contribution in [0.1, 0.15) is 219 Å². The molecule has 0 bridgehead atoms. The lowest BCUT2D eigenvalue weighted by Gasteiger charge is -2.21. The fraction of sp³-hybridized carbons (Fsp3) is 0.927. The van der Waals surface area contributed by atoms with Gasteiger partial charge >= 0.3 is 0 Å². The van der Waals surface area contributed by atoms with E-state index in [4.69, 9.17) is 0 Å². The Morgan fingerprint density at radius 3 is 1.20 bits per heavy atom. The molecular formula is C41H81NO4. The molecule has 46 heavy (non-hydrogen) atoms. The van der Waals surface area contributed by atoms with E-state index in [-0.39, 0.29) is 6.61 Å². The van der Waals surface area contributed by atoms with Crippen LogP contribution in [0.2, 0.25) is 0 Å². The van der Waals surface area contributed by atoms with Crippen LogP contribution in [0.4, 0.5) is 0 Å². The van der Waals surface area contributed by atoms with Crippen LogP contribution in [0.5, 0.6) is 0 Å². The maximum absolute atomic E-state index is 12.4. The van der Waals surface area contributed by atoms with Gasteiger partial charge in [-0.15, -0.1) is 0 Å². The first-order valence-electron chi connectivity index (χ1n) is 20.5. The summed E-state index contributed by atoms with van der Waals surface area (Å²) in [7, 11) is 0. The summed E-state index contributed by atoms with van der Waals surface area (Å²) in [6.45, 7) is 4.17. The monoisotopic (exact) mass is 652 g/mol. The molecule has 4 N–H and O–H groups in total. The zero-order valence-corrected chi connectivity index (χ0v) is 31.0. The number of allylic oxidation sites excluding steroid dienone is 1. The molecule has 0 fully saturated rings. The van der Waals surface area contributed by atoms with Crippen molar-refractivity contribution in [1.29, 1.82) is 0 Å². The van der Waals surface area contributed by atoms with Gasteiger partial charge in [0.25, 0.3) is 0 Å². The summed E-state index contributed by atoms with van der Waals surface area (Å²) in [4.78, 5) is 12.4. The van der Waals surface area contributed by atoms with Gasteiger partial charge in [-0.3, -0.25) is 4.79 Å². The Balaban J connectivity index is 3.61. The molecule has 0 spiro atoms. The van der Waals surface area contributed by atoms with Crippen LogP contribution in [-0.4, -0.2) is 46.1 Å². The topological polar surface area (TPSA) is 89.8 Å². The van der Waals surface area contributed by atoms with Gasteiger partial charge in [-0.25, -0.2) is 0 Å². The molecule has 0 aromatic heterocycles. The van der Waals surface area contributed by atoms with E-state index in [0.29, 0.717) is 6.42 Å². The highest BCUT2D eigenvalue weighted by atomic mass is 16.3. The molecule has 0 aromatic rings. The van der Waals surface area contributed by atoms with Crippen molar-refractivity contribution in [2.24, 2.45) is 0 Å². The summed E-state index contributed by atoms with van der Waals surface area (Å²) in [5.41, 5.74) is 0. The lowest BCUT2D eigenvalue weighted by molar-refractivity contribution is -0.131. The van der Waals surface area contributed by atoms with E-state index in [2.05, 4.69) is 19.2 Å². The minimum Gasteiger partial charge on any atom is -0.394 e. The average molecular weight is 652 g/mol. The quantitative estimate of drug-likeness (QED) is 0.0397. The number of carbonyl (C=O) groups is 1. The van der Waals surface area contributed by atoms with Gasteiger partial charge in [0.15, 0.2) is 0 Å². The number of nitrogens with one attached hydrogen (secondary N) is 1. The summed E-state index contributed by atoms with van der Waals surface area (Å²) in [6, 6.07) is -0.791. The number of hydrogen-bond acceptors (Lipinski definition) is 4. The summed E-state index contributed by atoms with van der Waals surface area (Å²) in [5.74, 6) is -0.501. The van der Waals surface area contributed by atoms with Gasteiger partial charge in [0.1, 0.15) is 6.10 Å². The predicted molar refractivity (Wildman–Crippen MR) is 199 cm³/mol. The normalized spacial score (nSPS) is 13.8. The third-order valence-corrected chi connectivity index (χ3v) is 9.63. The van der Waals surface area contributed by atoms with E-state index >= 15 is 0 Å². The van der Waals surface area contributed by atoms with Crippen LogP contribution in [-0.2, 0) is 4.79 Å². The fourth-order valence-corrected chi connectivity index (χ4v) is 6.36. The van der Waals surface area contributed by atoms with E-state index < -0.39 is 24.2 Å². The van der Waals surface area contributed by atoms with E-state index in [0.717, 1.165) is 32.1 Å². The van der Waals surface area contributed by atoms with E-state index in [1.165, 1.54) is 167 Å². The van der Waals surface area contributed by atoms with Gasteiger partial charge < -0.3 is 20.6 Å². The zero-order valence-electron chi connectivity index (χ0n) is 31.0. The lowest BCUT2D eigenvalue weighted by Crippen LogP contribution is -2.48. The van der Waals surface area contributed by atoms with Crippen molar-refractivity contribution in [3.63, 3.8) is 0 Å². The number of unbranched alkanes of at least 4 members (excludes halogenated alkanes) is 29. The molecule has 274 valence electrons. The molecule has 0 rings (SSSR count). The van der Waals surface area contributed by atoms with Crippen LogP contribution < -0.4 is 5.32 Å². The van der Waals surface area contributed by atoms with Crippen LogP contribution in [0.3, 0.4) is 0 Å². The average Bonchev–Trinajstić information content (AvgIpc) is 3.06. The van der Waals surface area contributed by atoms with Crippen molar-refractivity contribution in [2.45, 2.75) is 238 Å². The van der Waals surface area contributed by atoms with Gasteiger partial charge in [0.05, 0.1) is 18.8 Å². The summed E-state index contributed by atoms with van der Waals surface area (Å²) in [6.07, 6.45) is 42.4. The Morgan fingerprint density at radius 2 is 0.848 bits per heavy atom. The highest BCUT2D eigenvalue weighted by molar-refractivity contribution is 5.80. The smallest absolute Gasteiger partial charge is 0.249 e. The molecule has 0 heterocycles. The largest absolute Gasteiger partial charge is 0.394 e. The van der Waals surface area contributed by atoms with Crippen molar-refractivity contribution >= 4 is 5.91 Å². The van der Waals surface area contributed by atoms with Gasteiger partial charge in [0, 0.05) is 0 Å². The first kappa shape index (κ1) is 45.1. The second-order valence-corrected chi connectivity index (χ2v) is 14.2. The molecule has 1 amide bonds.